The first-order valence-electron chi connectivity index (χ1n) is 13.3. The average Bonchev–Trinajstić information content (AvgIpc) is 3.47. The molecule has 37 heavy (non-hydrogen) atoms. The number of imidazole rings is 1. The molecule has 2 heterocycles. The summed E-state index contributed by atoms with van der Waals surface area (Å²) in [5.74, 6) is 1.06. The Hall–Kier alpha value is -2.84. The third-order valence-corrected chi connectivity index (χ3v) is 7.84. The monoisotopic (exact) mass is 503 g/mol. The third-order valence-electron chi connectivity index (χ3n) is 7.84. The van der Waals surface area contributed by atoms with E-state index in [2.05, 4.69) is 80.5 Å². The summed E-state index contributed by atoms with van der Waals surface area (Å²) in [7, 11) is -0.370. The molecular weight excluding hydrogens is 465 g/mol. The van der Waals surface area contributed by atoms with Crippen LogP contribution in [0.2, 0.25) is 0 Å². The number of hydrogen-bond acceptors (Lipinski definition) is 5. The molecule has 2 atom stereocenters. The lowest BCUT2D eigenvalue weighted by Gasteiger charge is -2.32. The number of amides is 1. The molecule has 1 amide bonds. The summed E-state index contributed by atoms with van der Waals surface area (Å²) >= 11 is 0. The number of alkyl carbamates (subject to hydrolysis) is 1. The number of fused-ring (bicyclic) bond motifs is 1. The second-order valence-corrected chi connectivity index (χ2v) is 12.4. The predicted octanol–water partition coefficient (Wildman–Crippen LogP) is 5.69. The van der Waals surface area contributed by atoms with Crippen molar-refractivity contribution in [2.75, 3.05) is 0 Å². The van der Waals surface area contributed by atoms with Gasteiger partial charge in [-0.1, -0.05) is 36.8 Å². The standard InChI is InChI=1S/C29H38BN3O4/c1-27(2,3)35-26(34)33-22-10-8-9-21(22)25-31-23-16-13-19(17-24(23)32-25)18-11-14-20(15-12-18)30-36-28(4,5)29(6,7)37-30/h11-17,21-22H,8-10H2,1-7H3,(H,31,32)(H,33,34)/t21-,22+/m0/s1. The van der Waals surface area contributed by atoms with Crippen LogP contribution in [0.25, 0.3) is 22.2 Å². The van der Waals surface area contributed by atoms with Crippen molar-refractivity contribution in [1.29, 1.82) is 0 Å². The van der Waals surface area contributed by atoms with Gasteiger partial charge in [0.1, 0.15) is 11.4 Å². The molecule has 8 heteroatoms. The molecule has 1 aliphatic carbocycles. The highest BCUT2D eigenvalue weighted by Gasteiger charge is 2.51. The van der Waals surface area contributed by atoms with Crippen LogP contribution in [0.15, 0.2) is 42.5 Å². The van der Waals surface area contributed by atoms with Crippen LogP contribution in [0.3, 0.4) is 0 Å². The summed E-state index contributed by atoms with van der Waals surface area (Å²) in [4.78, 5) is 20.8. The zero-order valence-corrected chi connectivity index (χ0v) is 23.0. The SMILES string of the molecule is CC(C)(C)OC(=O)N[C@@H]1CCC[C@@H]1c1nc2ccc(-c3ccc(B4OC(C)(C)C(C)(C)O4)cc3)cc2[nH]1. The maximum Gasteiger partial charge on any atom is 0.494 e. The Labute approximate surface area is 219 Å². The van der Waals surface area contributed by atoms with E-state index in [4.69, 9.17) is 19.0 Å². The number of aromatic amines is 1. The highest BCUT2D eigenvalue weighted by atomic mass is 16.7. The quantitative estimate of drug-likeness (QED) is 0.447. The summed E-state index contributed by atoms with van der Waals surface area (Å²) in [6, 6.07) is 14.7. The number of benzene rings is 2. The Morgan fingerprint density at radius 3 is 2.32 bits per heavy atom. The first kappa shape index (κ1) is 25.8. The van der Waals surface area contributed by atoms with Gasteiger partial charge < -0.3 is 24.3 Å². The van der Waals surface area contributed by atoms with E-state index in [1.165, 1.54) is 0 Å². The van der Waals surface area contributed by atoms with Crippen molar-refractivity contribution in [3.05, 3.63) is 48.3 Å². The summed E-state index contributed by atoms with van der Waals surface area (Å²) < 4.78 is 17.9. The minimum absolute atomic E-state index is 0.0115. The van der Waals surface area contributed by atoms with Crippen LogP contribution in [-0.2, 0) is 14.0 Å². The topological polar surface area (TPSA) is 85.5 Å². The molecule has 5 rings (SSSR count). The lowest BCUT2D eigenvalue weighted by atomic mass is 9.78. The first-order chi connectivity index (χ1) is 17.3. The third kappa shape index (κ3) is 5.27. The van der Waals surface area contributed by atoms with Crippen molar-refractivity contribution < 1.29 is 18.8 Å². The molecule has 3 aromatic rings. The van der Waals surface area contributed by atoms with Gasteiger partial charge >= 0.3 is 13.2 Å². The zero-order chi connectivity index (χ0) is 26.6. The van der Waals surface area contributed by atoms with Gasteiger partial charge in [0.25, 0.3) is 0 Å². The van der Waals surface area contributed by atoms with E-state index in [0.29, 0.717) is 0 Å². The fourth-order valence-corrected chi connectivity index (χ4v) is 5.12. The number of rotatable bonds is 4. The molecule has 0 bridgehead atoms. The zero-order valence-electron chi connectivity index (χ0n) is 23.0. The minimum Gasteiger partial charge on any atom is -0.444 e. The molecule has 1 aromatic heterocycles. The highest BCUT2D eigenvalue weighted by molar-refractivity contribution is 6.62. The van der Waals surface area contributed by atoms with E-state index < -0.39 is 5.60 Å². The van der Waals surface area contributed by atoms with Crippen LogP contribution in [0, 0.1) is 0 Å². The molecule has 196 valence electrons. The van der Waals surface area contributed by atoms with E-state index in [1.54, 1.807) is 0 Å². The molecule has 2 aromatic carbocycles. The number of H-pyrrole nitrogens is 1. The molecule has 7 nitrogen and oxygen atoms in total. The number of ether oxygens (including phenoxy) is 1. The molecule has 1 aliphatic heterocycles. The molecule has 0 unspecified atom stereocenters. The van der Waals surface area contributed by atoms with Gasteiger partial charge in [0.05, 0.1) is 22.2 Å². The molecule has 1 saturated carbocycles. The van der Waals surface area contributed by atoms with Gasteiger partial charge in [0.2, 0.25) is 0 Å². The van der Waals surface area contributed by atoms with Crippen molar-refractivity contribution in [1.82, 2.24) is 15.3 Å². The van der Waals surface area contributed by atoms with E-state index in [0.717, 1.165) is 52.7 Å². The Morgan fingerprint density at radius 2 is 1.68 bits per heavy atom. The molecule has 2 aliphatic rings. The van der Waals surface area contributed by atoms with Crippen molar-refractivity contribution in [3.8, 4) is 11.1 Å². The first-order valence-corrected chi connectivity index (χ1v) is 13.3. The second kappa shape index (κ2) is 9.17. The number of aromatic nitrogens is 2. The van der Waals surface area contributed by atoms with Crippen LogP contribution < -0.4 is 10.8 Å². The average molecular weight is 503 g/mol. The van der Waals surface area contributed by atoms with Crippen LogP contribution in [-0.4, -0.2) is 46.0 Å². The Morgan fingerprint density at radius 1 is 1.03 bits per heavy atom. The number of carbonyl (C=O) groups excluding carboxylic acids is 1. The maximum absolute atomic E-state index is 12.4. The number of carbonyl (C=O) groups is 1. The summed E-state index contributed by atoms with van der Waals surface area (Å²) in [5, 5.41) is 3.06. The van der Waals surface area contributed by atoms with Gasteiger partial charge in [0.15, 0.2) is 0 Å². The number of nitrogens with zero attached hydrogens (tertiary/aromatic N) is 1. The van der Waals surface area contributed by atoms with Crippen LogP contribution in [0.1, 0.15) is 79.5 Å². The van der Waals surface area contributed by atoms with Crippen molar-refractivity contribution in [2.45, 2.75) is 96.5 Å². The van der Waals surface area contributed by atoms with Crippen LogP contribution >= 0.6 is 0 Å². The summed E-state index contributed by atoms with van der Waals surface area (Å²) in [6.45, 7) is 13.9. The van der Waals surface area contributed by atoms with E-state index in [1.807, 2.05) is 20.8 Å². The van der Waals surface area contributed by atoms with Gasteiger partial charge in [-0.25, -0.2) is 9.78 Å². The Kier molecular flexibility index (Phi) is 6.40. The molecule has 2 fully saturated rings. The molecular formula is C29H38BN3O4. The van der Waals surface area contributed by atoms with Crippen molar-refractivity contribution in [3.63, 3.8) is 0 Å². The summed E-state index contributed by atoms with van der Waals surface area (Å²) in [5.41, 5.74) is 3.91. The largest absolute Gasteiger partial charge is 0.494 e. The Bertz CT molecular complexity index is 1280. The van der Waals surface area contributed by atoms with Gasteiger partial charge in [-0.05, 0) is 90.0 Å². The van der Waals surface area contributed by atoms with Crippen LogP contribution in [0.5, 0.6) is 0 Å². The number of nitrogens with one attached hydrogen (secondary N) is 2. The highest BCUT2D eigenvalue weighted by Crippen LogP contribution is 2.37. The van der Waals surface area contributed by atoms with Crippen LogP contribution in [0.4, 0.5) is 4.79 Å². The Balaban J connectivity index is 1.32. The van der Waals surface area contributed by atoms with Gasteiger partial charge in [-0.15, -0.1) is 0 Å². The van der Waals surface area contributed by atoms with Gasteiger partial charge in [-0.2, -0.15) is 0 Å². The van der Waals surface area contributed by atoms with E-state index in [9.17, 15) is 4.79 Å². The molecule has 0 spiro atoms. The van der Waals surface area contributed by atoms with Crippen molar-refractivity contribution in [2.24, 2.45) is 0 Å². The van der Waals surface area contributed by atoms with E-state index in [-0.39, 0.29) is 36.4 Å². The van der Waals surface area contributed by atoms with Crippen molar-refractivity contribution >= 4 is 29.7 Å². The number of hydrogen-bond donors (Lipinski definition) is 2. The smallest absolute Gasteiger partial charge is 0.444 e. The fraction of sp³-hybridized carbons (Fsp3) is 0.517. The maximum atomic E-state index is 12.4. The minimum atomic E-state index is -0.517. The van der Waals surface area contributed by atoms with Gasteiger partial charge in [-0.3, -0.25) is 0 Å². The fourth-order valence-electron chi connectivity index (χ4n) is 5.12. The molecule has 2 N–H and O–H groups in total. The molecule has 0 radical (unpaired) electrons. The molecule has 1 saturated heterocycles. The lowest BCUT2D eigenvalue weighted by Crippen LogP contribution is -2.41. The normalized spacial score (nSPS) is 22.9. The summed E-state index contributed by atoms with van der Waals surface area (Å²) in [6.07, 6.45) is 2.57. The lowest BCUT2D eigenvalue weighted by molar-refractivity contribution is 0.00578. The van der Waals surface area contributed by atoms with E-state index >= 15 is 0 Å². The predicted molar refractivity (Wildman–Crippen MR) is 147 cm³/mol. The second-order valence-electron chi connectivity index (χ2n) is 12.4. The van der Waals surface area contributed by atoms with Gasteiger partial charge in [0, 0.05) is 12.0 Å².